The summed E-state index contributed by atoms with van der Waals surface area (Å²) in [5, 5.41) is 3.78. The van der Waals surface area contributed by atoms with E-state index in [4.69, 9.17) is 0 Å². The van der Waals surface area contributed by atoms with Gasteiger partial charge in [0.05, 0.1) is 17.7 Å². The van der Waals surface area contributed by atoms with Crippen LogP contribution in [-0.4, -0.2) is 39.6 Å². The van der Waals surface area contributed by atoms with Gasteiger partial charge >= 0.3 is 0 Å². The maximum atomic E-state index is 4.16. The summed E-state index contributed by atoms with van der Waals surface area (Å²) in [6, 6.07) is 10.6. The van der Waals surface area contributed by atoms with E-state index in [9.17, 15) is 0 Å². The molecule has 2 bridgehead atoms. The maximum Gasteiger partial charge on any atom is 0.0992 e. The number of para-hydroxylation sites is 2. The van der Waals surface area contributed by atoms with E-state index in [2.05, 4.69) is 51.1 Å². The molecule has 0 saturated carbocycles. The number of fused-ring (bicyclic) bond motifs is 2. The number of nitrogens with zero attached hydrogens (tertiary/aromatic N) is 3. The van der Waals surface area contributed by atoms with Gasteiger partial charge in [-0.1, -0.05) is 12.1 Å². The SMILES string of the molecule is CN1C2CCC1CC(Nc1ccccc1-n1ccnc1)C2. The molecule has 0 aliphatic carbocycles. The second kappa shape index (κ2) is 5.19. The Kier molecular flexibility index (Phi) is 3.19. The summed E-state index contributed by atoms with van der Waals surface area (Å²) >= 11 is 0. The average molecular weight is 282 g/mol. The van der Waals surface area contributed by atoms with Crippen molar-refractivity contribution >= 4 is 5.69 Å². The van der Waals surface area contributed by atoms with Gasteiger partial charge in [-0.15, -0.1) is 0 Å². The fourth-order valence-corrected chi connectivity index (χ4v) is 3.97. The third-order valence-corrected chi connectivity index (χ3v) is 5.14. The van der Waals surface area contributed by atoms with Gasteiger partial charge in [-0.05, 0) is 44.9 Å². The fraction of sp³-hybridized carbons (Fsp3) is 0.471. The molecule has 0 radical (unpaired) electrons. The first-order valence-electron chi connectivity index (χ1n) is 7.87. The molecule has 2 aliphatic rings. The summed E-state index contributed by atoms with van der Waals surface area (Å²) in [4.78, 5) is 6.74. The minimum Gasteiger partial charge on any atom is -0.380 e. The van der Waals surface area contributed by atoms with Crippen molar-refractivity contribution in [1.82, 2.24) is 14.5 Å². The number of hydrogen-bond donors (Lipinski definition) is 1. The molecule has 4 rings (SSSR count). The van der Waals surface area contributed by atoms with E-state index < -0.39 is 0 Å². The maximum absolute atomic E-state index is 4.16. The highest BCUT2D eigenvalue weighted by molar-refractivity contribution is 5.61. The van der Waals surface area contributed by atoms with Gasteiger partial charge in [-0.25, -0.2) is 4.98 Å². The monoisotopic (exact) mass is 282 g/mol. The van der Waals surface area contributed by atoms with E-state index in [1.807, 2.05) is 18.7 Å². The Morgan fingerprint density at radius 3 is 2.62 bits per heavy atom. The van der Waals surface area contributed by atoms with Crippen molar-refractivity contribution in [3.05, 3.63) is 43.0 Å². The van der Waals surface area contributed by atoms with Crippen LogP contribution in [0.2, 0.25) is 0 Å². The van der Waals surface area contributed by atoms with Gasteiger partial charge in [0.25, 0.3) is 0 Å². The van der Waals surface area contributed by atoms with Gasteiger partial charge in [0.2, 0.25) is 0 Å². The molecule has 2 fully saturated rings. The van der Waals surface area contributed by atoms with Crippen molar-refractivity contribution in [1.29, 1.82) is 0 Å². The molecular formula is C17H22N4. The Morgan fingerprint density at radius 2 is 1.90 bits per heavy atom. The summed E-state index contributed by atoms with van der Waals surface area (Å²) in [5.41, 5.74) is 2.39. The van der Waals surface area contributed by atoms with E-state index in [1.165, 1.54) is 37.1 Å². The van der Waals surface area contributed by atoms with Crippen molar-refractivity contribution in [2.24, 2.45) is 0 Å². The minimum atomic E-state index is 0.586. The minimum absolute atomic E-state index is 0.586. The van der Waals surface area contributed by atoms with Gasteiger partial charge in [-0.2, -0.15) is 0 Å². The van der Waals surface area contributed by atoms with Crippen LogP contribution in [0.1, 0.15) is 25.7 Å². The molecular weight excluding hydrogens is 260 g/mol. The summed E-state index contributed by atoms with van der Waals surface area (Å²) in [5.74, 6) is 0. The van der Waals surface area contributed by atoms with Crippen LogP contribution < -0.4 is 5.32 Å². The number of aromatic nitrogens is 2. The smallest absolute Gasteiger partial charge is 0.0992 e. The zero-order valence-electron chi connectivity index (χ0n) is 12.4. The Morgan fingerprint density at radius 1 is 1.14 bits per heavy atom. The number of benzene rings is 1. The highest BCUT2D eigenvalue weighted by Gasteiger charge is 2.38. The van der Waals surface area contributed by atoms with Crippen LogP contribution in [0, 0.1) is 0 Å². The summed E-state index contributed by atoms with van der Waals surface area (Å²) in [7, 11) is 2.29. The lowest BCUT2D eigenvalue weighted by atomic mass is 9.97. The number of hydrogen-bond acceptors (Lipinski definition) is 3. The first-order chi connectivity index (χ1) is 10.3. The number of nitrogens with one attached hydrogen (secondary N) is 1. The van der Waals surface area contributed by atoms with E-state index in [0.717, 1.165) is 12.1 Å². The van der Waals surface area contributed by atoms with E-state index in [1.54, 1.807) is 0 Å². The lowest BCUT2D eigenvalue weighted by Gasteiger charge is -2.37. The van der Waals surface area contributed by atoms with E-state index in [0.29, 0.717) is 6.04 Å². The van der Waals surface area contributed by atoms with Crippen LogP contribution in [0.15, 0.2) is 43.0 Å². The first-order valence-corrected chi connectivity index (χ1v) is 7.87. The third kappa shape index (κ3) is 2.33. The van der Waals surface area contributed by atoms with Gasteiger partial charge in [0.15, 0.2) is 0 Å². The normalized spacial score (nSPS) is 28.7. The lowest BCUT2D eigenvalue weighted by molar-refractivity contribution is 0.169. The molecule has 1 N–H and O–H groups in total. The first kappa shape index (κ1) is 12.9. The molecule has 21 heavy (non-hydrogen) atoms. The number of piperidine rings is 1. The Hall–Kier alpha value is -1.81. The van der Waals surface area contributed by atoms with E-state index in [-0.39, 0.29) is 0 Å². The van der Waals surface area contributed by atoms with Crippen molar-refractivity contribution < 1.29 is 0 Å². The van der Waals surface area contributed by atoms with Crippen molar-refractivity contribution in [3.63, 3.8) is 0 Å². The predicted octanol–water partition coefficient (Wildman–Crippen LogP) is 2.91. The Labute approximate surface area is 125 Å². The Balaban J connectivity index is 1.56. The molecule has 2 aromatic rings. The highest BCUT2D eigenvalue weighted by Crippen LogP contribution is 2.36. The van der Waals surface area contributed by atoms with Crippen LogP contribution in [0.3, 0.4) is 0 Å². The predicted molar refractivity (Wildman–Crippen MR) is 84.8 cm³/mol. The largest absolute Gasteiger partial charge is 0.380 e. The van der Waals surface area contributed by atoms with Crippen molar-refractivity contribution in [3.8, 4) is 5.69 Å². The molecule has 2 unspecified atom stereocenters. The Bertz CT molecular complexity index is 593. The van der Waals surface area contributed by atoms with Crippen LogP contribution in [0.4, 0.5) is 5.69 Å². The molecule has 4 nitrogen and oxygen atoms in total. The standard InChI is InChI=1S/C17H22N4/c1-20-14-6-7-15(20)11-13(10-14)19-16-4-2-3-5-17(16)21-9-8-18-12-21/h2-5,8-9,12-15,19H,6-7,10-11H2,1H3. The second-order valence-corrected chi connectivity index (χ2v) is 6.35. The van der Waals surface area contributed by atoms with Crippen LogP contribution in [0.5, 0.6) is 0 Å². The molecule has 2 aliphatic heterocycles. The zero-order chi connectivity index (χ0) is 14.2. The highest BCUT2D eigenvalue weighted by atomic mass is 15.2. The van der Waals surface area contributed by atoms with Crippen LogP contribution in [0.25, 0.3) is 5.69 Å². The van der Waals surface area contributed by atoms with Gasteiger partial charge in [-0.3, -0.25) is 0 Å². The second-order valence-electron chi connectivity index (χ2n) is 6.35. The van der Waals surface area contributed by atoms with Crippen molar-refractivity contribution in [2.45, 2.75) is 43.8 Å². The third-order valence-electron chi connectivity index (χ3n) is 5.14. The van der Waals surface area contributed by atoms with Crippen LogP contribution >= 0.6 is 0 Å². The topological polar surface area (TPSA) is 33.1 Å². The summed E-state index contributed by atoms with van der Waals surface area (Å²) in [6.07, 6.45) is 10.9. The van der Waals surface area contributed by atoms with Crippen LogP contribution in [-0.2, 0) is 0 Å². The molecule has 2 saturated heterocycles. The quantitative estimate of drug-likeness (QED) is 0.939. The molecule has 0 spiro atoms. The molecule has 1 aromatic carbocycles. The summed E-state index contributed by atoms with van der Waals surface area (Å²) < 4.78 is 2.08. The number of imidazole rings is 1. The molecule has 2 atom stereocenters. The van der Waals surface area contributed by atoms with Gasteiger partial charge in [0, 0.05) is 30.5 Å². The van der Waals surface area contributed by atoms with Crippen molar-refractivity contribution in [2.75, 3.05) is 12.4 Å². The molecule has 4 heteroatoms. The molecule has 1 aromatic heterocycles. The van der Waals surface area contributed by atoms with E-state index >= 15 is 0 Å². The van der Waals surface area contributed by atoms with Gasteiger partial charge < -0.3 is 14.8 Å². The zero-order valence-corrected chi connectivity index (χ0v) is 12.4. The number of rotatable bonds is 3. The number of anilines is 1. The lowest BCUT2D eigenvalue weighted by Crippen LogP contribution is -2.44. The van der Waals surface area contributed by atoms with Gasteiger partial charge in [0.1, 0.15) is 0 Å². The summed E-state index contributed by atoms with van der Waals surface area (Å²) in [6.45, 7) is 0. The molecule has 3 heterocycles. The molecule has 110 valence electrons. The molecule has 0 amide bonds. The fourth-order valence-electron chi connectivity index (χ4n) is 3.97. The average Bonchev–Trinajstić information content (AvgIpc) is 3.08.